The van der Waals surface area contributed by atoms with Gasteiger partial charge in [-0.2, -0.15) is 0 Å². The van der Waals surface area contributed by atoms with Crippen LogP contribution in [0.15, 0.2) is 12.3 Å². The quantitative estimate of drug-likeness (QED) is 0.779. The minimum absolute atomic E-state index is 0.0979. The molecule has 0 radical (unpaired) electrons. The smallest absolute Gasteiger partial charge is 0.255 e. The summed E-state index contributed by atoms with van der Waals surface area (Å²) in [5.41, 5.74) is 2.90. The molecule has 1 aromatic heterocycles. The lowest BCUT2D eigenvalue weighted by Crippen LogP contribution is -2.28. The first-order chi connectivity index (χ1) is 7.63. The second-order valence-electron chi connectivity index (χ2n) is 4.49. The summed E-state index contributed by atoms with van der Waals surface area (Å²) in [4.78, 5) is 18.2. The zero-order valence-corrected chi connectivity index (χ0v) is 10.2. The van der Waals surface area contributed by atoms with Crippen molar-refractivity contribution in [2.45, 2.75) is 39.2 Å². The molecule has 3 heteroatoms. The van der Waals surface area contributed by atoms with Crippen LogP contribution >= 0.6 is 0 Å². The fourth-order valence-electron chi connectivity index (χ4n) is 1.92. The summed E-state index contributed by atoms with van der Waals surface area (Å²) < 4.78 is 0. The lowest BCUT2D eigenvalue weighted by molar-refractivity contribution is 0.0784. The van der Waals surface area contributed by atoms with Crippen molar-refractivity contribution in [2.75, 3.05) is 7.05 Å². The van der Waals surface area contributed by atoms with Gasteiger partial charge in [0.05, 0.1) is 5.56 Å². The van der Waals surface area contributed by atoms with E-state index in [1.165, 1.54) is 0 Å². The Morgan fingerprint density at radius 1 is 1.56 bits per heavy atom. The van der Waals surface area contributed by atoms with Crippen LogP contribution in [0.5, 0.6) is 0 Å². The second kappa shape index (κ2) is 4.24. The van der Waals surface area contributed by atoms with Crippen molar-refractivity contribution in [1.29, 1.82) is 0 Å². The van der Waals surface area contributed by atoms with Gasteiger partial charge in [-0.1, -0.05) is 6.92 Å². The molecule has 0 aromatic carbocycles. The number of hydrogen-bond donors (Lipinski definition) is 0. The maximum Gasteiger partial charge on any atom is 0.255 e. The molecule has 0 N–H and O–H groups in total. The summed E-state index contributed by atoms with van der Waals surface area (Å²) in [5.74, 6) is 0.0979. The molecule has 1 aliphatic rings. The Morgan fingerprint density at radius 3 is 2.75 bits per heavy atom. The molecule has 0 aliphatic heterocycles. The Labute approximate surface area is 96.5 Å². The van der Waals surface area contributed by atoms with Crippen LogP contribution in [-0.4, -0.2) is 28.9 Å². The van der Waals surface area contributed by atoms with Gasteiger partial charge >= 0.3 is 0 Å². The summed E-state index contributed by atoms with van der Waals surface area (Å²) in [6.07, 6.45) is 4.90. The van der Waals surface area contributed by atoms with Crippen LogP contribution in [0.4, 0.5) is 0 Å². The van der Waals surface area contributed by atoms with Gasteiger partial charge in [-0.3, -0.25) is 9.78 Å². The minimum Gasteiger partial charge on any atom is -0.339 e. The summed E-state index contributed by atoms with van der Waals surface area (Å²) >= 11 is 0. The second-order valence-corrected chi connectivity index (χ2v) is 4.49. The zero-order chi connectivity index (χ0) is 11.7. The van der Waals surface area contributed by atoms with Gasteiger partial charge < -0.3 is 4.90 Å². The van der Waals surface area contributed by atoms with Gasteiger partial charge in [0, 0.05) is 25.0 Å². The maximum atomic E-state index is 12.1. The van der Waals surface area contributed by atoms with Gasteiger partial charge in [-0.05, 0) is 37.8 Å². The van der Waals surface area contributed by atoms with E-state index in [1.807, 2.05) is 24.9 Å². The van der Waals surface area contributed by atoms with Crippen LogP contribution in [-0.2, 0) is 6.42 Å². The van der Waals surface area contributed by atoms with E-state index >= 15 is 0 Å². The number of amides is 1. The average molecular weight is 218 g/mol. The van der Waals surface area contributed by atoms with E-state index in [2.05, 4.69) is 11.9 Å². The summed E-state index contributed by atoms with van der Waals surface area (Å²) in [5, 5.41) is 0. The lowest BCUT2D eigenvalue weighted by Gasteiger charge is -2.16. The molecule has 3 nitrogen and oxygen atoms in total. The Kier molecular flexibility index (Phi) is 2.95. The van der Waals surface area contributed by atoms with Gasteiger partial charge in [-0.15, -0.1) is 0 Å². The molecule has 1 amide bonds. The van der Waals surface area contributed by atoms with Gasteiger partial charge in [0.2, 0.25) is 0 Å². The first-order valence-corrected chi connectivity index (χ1v) is 5.86. The molecule has 0 spiro atoms. The van der Waals surface area contributed by atoms with E-state index < -0.39 is 0 Å². The van der Waals surface area contributed by atoms with E-state index in [-0.39, 0.29) is 5.91 Å². The standard InChI is InChI=1S/C13H18N2O/c1-4-12-9(2)7-10(8-14-12)13(16)15(3)11-5-6-11/h7-8,11H,4-6H2,1-3H3. The molecular weight excluding hydrogens is 200 g/mol. The van der Waals surface area contributed by atoms with Gasteiger partial charge in [0.1, 0.15) is 0 Å². The Hall–Kier alpha value is -1.38. The van der Waals surface area contributed by atoms with E-state index in [0.29, 0.717) is 11.6 Å². The number of carbonyl (C=O) groups excluding carboxylic acids is 1. The number of nitrogens with zero attached hydrogens (tertiary/aromatic N) is 2. The lowest BCUT2D eigenvalue weighted by atomic mass is 10.1. The maximum absolute atomic E-state index is 12.1. The van der Waals surface area contributed by atoms with Crippen molar-refractivity contribution in [2.24, 2.45) is 0 Å². The highest BCUT2D eigenvalue weighted by Gasteiger charge is 2.30. The molecule has 1 fully saturated rings. The van der Waals surface area contributed by atoms with E-state index in [4.69, 9.17) is 0 Å². The van der Waals surface area contributed by atoms with Crippen molar-refractivity contribution >= 4 is 5.91 Å². The number of aromatic nitrogens is 1. The first-order valence-electron chi connectivity index (χ1n) is 5.86. The van der Waals surface area contributed by atoms with Gasteiger partial charge in [0.25, 0.3) is 5.91 Å². The highest BCUT2D eigenvalue weighted by atomic mass is 16.2. The SMILES string of the molecule is CCc1ncc(C(=O)N(C)C2CC2)cc1C. The molecule has 1 saturated carbocycles. The third-order valence-electron chi connectivity index (χ3n) is 3.18. The van der Waals surface area contributed by atoms with Crippen molar-refractivity contribution < 1.29 is 4.79 Å². The minimum atomic E-state index is 0.0979. The van der Waals surface area contributed by atoms with Crippen LogP contribution in [0, 0.1) is 6.92 Å². The van der Waals surface area contributed by atoms with Crippen molar-refractivity contribution in [3.8, 4) is 0 Å². The molecule has 0 atom stereocenters. The number of pyridine rings is 1. The zero-order valence-electron chi connectivity index (χ0n) is 10.2. The molecule has 0 bridgehead atoms. The third kappa shape index (κ3) is 2.08. The summed E-state index contributed by atoms with van der Waals surface area (Å²) in [6, 6.07) is 2.41. The average Bonchev–Trinajstić information content (AvgIpc) is 3.11. The molecule has 0 unspecified atom stereocenters. The van der Waals surface area contributed by atoms with Crippen molar-refractivity contribution in [1.82, 2.24) is 9.88 Å². The molecule has 16 heavy (non-hydrogen) atoms. The van der Waals surface area contributed by atoms with Crippen LogP contribution in [0.25, 0.3) is 0 Å². The predicted octanol–water partition coefficient (Wildman–Crippen LogP) is 2.19. The van der Waals surface area contributed by atoms with Gasteiger partial charge in [-0.25, -0.2) is 0 Å². The molecule has 2 rings (SSSR count). The molecule has 1 aromatic rings. The van der Waals surface area contributed by atoms with Crippen LogP contribution in [0.2, 0.25) is 0 Å². The molecule has 1 heterocycles. The van der Waals surface area contributed by atoms with Crippen LogP contribution < -0.4 is 0 Å². The largest absolute Gasteiger partial charge is 0.339 e. The summed E-state index contributed by atoms with van der Waals surface area (Å²) in [7, 11) is 1.88. The number of carbonyl (C=O) groups is 1. The normalized spacial score (nSPS) is 14.9. The third-order valence-corrected chi connectivity index (χ3v) is 3.18. The van der Waals surface area contributed by atoms with E-state index in [0.717, 1.165) is 30.5 Å². The number of aryl methyl sites for hydroxylation is 2. The Balaban J connectivity index is 2.20. The van der Waals surface area contributed by atoms with Crippen molar-refractivity contribution in [3.05, 3.63) is 29.1 Å². The Morgan fingerprint density at radius 2 is 2.25 bits per heavy atom. The highest BCUT2D eigenvalue weighted by Crippen LogP contribution is 2.26. The molecule has 1 aliphatic carbocycles. The highest BCUT2D eigenvalue weighted by molar-refractivity contribution is 5.94. The number of hydrogen-bond acceptors (Lipinski definition) is 2. The predicted molar refractivity (Wildman–Crippen MR) is 63.5 cm³/mol. The van der Waals surface area contributed by atoms with Crippen LogP contribution in [0.3, 0.4) is 0 Å². The molecule has 86 valence electrons. The molecular formula is C13H18N2O. The van der Waals surface area contributed by atoms with Gasteiger partial charge in [0.15, 0.2) is 0 Å². The molecule has 0 saturated heterocycles. The topological polar surface area (TPSA) is 33.2 Å². The Bertz CT molecular complexity index is 410. The van der Waals surface area contributed by atoms with Crippen molar-refractivity contribution in [3.63, 3.8) is 0 Å². The van der Waals surface area contributed by atoms with E-state index in [1.54, 1.807) is 6.20 Å². The number of rotatable bonds is 3. The summed E-state index contributed by atoms with van der Waals surface area (Å²) in [6.45, 7) is 4.09. The van der Waals surface area contributed by atoms with Crippen LogP contribution in [0.1, 0.15) is 41.4 Å². The monoisotopic (exact) mass is 218 g/mol. The first kappa shape index (κ1) is 11.1. The van der Waals surface area contributed by atoms with E-state index in [9.17, 15) is 4.79 Å². The fourth-order valence-corrected chi connectivity index (χ4v) is 1.92. The fraction of sp³-hybridized carbons (Fsp3) is 0.538.